The summed E-state index contributed by atoms with van der Waals surface area (Å²) in [4.78, 5) is 20.7. The topological polar surface area (TPSA) is 42.1 Å². The standard InChI is InChI=1S/C21H23F3N4O/c22-21(23,24)18-5-6-19(25-13-18)27-11-9-26(10-12-27)15-20(29)28-8-7-16-3-1-2-4-17(16)14-28/h1-6,13H,7-12,14-15H2/p+2. The zero-order valence-electron chi connectivity index (χ0n) is 16.1. The van der Waals surface area contributed by atoms with Crippen molar-refractivity contribution in [1.82, 2.24) is 4.90 Å². The van der Waals surface area contributed by atoms with Crippen LogP contribution < -0.4 is 14.8 Å². The minimum Gasteiger partial charge on any atom is -0.333 e. The van der Waals surface area contributed by atoms with Crippen molar-refractivity contribution in [3.8, 4) is 0 Å². The third kappa shape index (κ3) is 4.53. The molecule has 29 heavy (non-hydrogen) atoms. The Kier molecular flexibility index (Phi) is 5.45. The number of carbonyl (C=O) groups excluding carboxylic acids is 1. The number of H-pyrrole nitrogens is 1. The zero-order chi connectivity index (χ0) is 20.4. The number of quaternary nitrogens is 1. The first-order chi connectivity index (χ1) is 13.9. The Labute approximate surface area is 167 Å². The molecule has 1 aromatic heterocycles. The van der Waals surface area contributed by atoms with Gasteiger partial charge in [0.15, 0.2) is 6.54 Å². The average molecular weight is 406 g/mol. The van der Waals surface area contributed by atoms with Gasteiger partial charge in [-0.05, 0) is 23.6 Å². The fraction of sp³-hybridized carbons (Fsp3) is 0.429. The van der Waals surface area contributed by atoms with Crippen molar-refractivity contribution in [2.45, 2.75) is 19.1 Å². The van der Waals surface area contributed by atoms with Gasteiger partial charge in [-0.15, -0.1) is 0 Å². The van der Waals surface area contributed by atoms with E-state index >= 15 is 0 Å². The van der Waals surface area contributed by atoms with E-state index in [1.54, 1.807) is 0 Å². The van der Waals surface area contributed by atoms with Crippen LogP contribution in [0.5, 0.6) is 0 Å². The largest absolute Gasteiger partial charge is 0.419 e. The second-order valence-corrected chi connectivity index (χ2v) is 7.71. The normalized spacial score (nSPS) is 17.9. The summed E-state index contributed by atoms with van der Waals surface area (Å²) in [6.07, 6.45) is -2.44. The molecule has 2 N–H and O–H groups in total. The maximum Gasteiger partial charge on any atom is 0.419 e. The highest BCUT2D eigenvalue weighted by molar-refractivity contribution is 5.77. The molecule has 0 unspecified atom stereocenters. The lowest BCUT2D eigenvalue weighted by molar-refractivity contribution is -0.892. The number of nitrogens with one attached hydrogen (secondary N) is 2. The van der Waals surface area contributed by atoms with Crippen molar-refractivity contribution >= 4 is 11.7 Å². The predicted octanol–water partition coefficient (Wildman–Crippen LogP) is 0.809. The van der Waals surface area contributed by atoms with Gasteiger partial charge in [0, 0.05) is 19.2 Å². The molecule has 5 nitrogen and oxygen atoms in total. The number of piperazine rings is 1. The molecule has 1 fully saturated rings. The van der Waals surface area contributed by atoms with E-state index in [2.05, 4.69) is 17.1 Å². The second-order valence-electron chi connectivity index (χ2n) is 7.71. The van der Waals surface area contributed by atoms with Crippen molar-refractivity contribution in [3.05, 3.63) is 59.3 Å². The summed E-state index contributed by atoms with van der Waals surface area (Å²) in [6, 6.07) is 10.8. The van der Waals surface area contributed by atoms with Crippen LogP contribution in [0.25, 0.3) is 0 Å². The molecule has 2 aliphatic heterocycles. The highest BCUT2D eigenvalue weighted by Gasteiger charge is 2.33. The van der Waals surface area contributed by atoms with Crippen molar-refractivity contribution < 1.29 is 27.8 Å². The SMILES string of the molecule is O=C(C[NH+]1CCN(c2ccc(C(F)(F)F)c[nH+]2)CC1)N1CCc2ccccc2C1. The minimum atomic E-state index is -4.34. The Bertz CT molecular complexity index is 861. The number of rotatable bonds is 3. The number of hydrogen-bond donors (Lipinski definition) is 1. The maximum atomic E-state index is 12.7. The number of alkyl halides is 3. The Balaban J connectivity index is 1.28. The molecule has 0 saturated carbocycles. The first-order valence-corrected chi connectivity index (χ1v) is 9.92. The third-order valence-corrected chi connectivity index (χ3v) is 5.82. The predicted molar refractivity (Wildman–Crippen MR) is 101 cm³/mol. The Morgan fingerprint density at radius 1 is 1.03 bits per heavy atom. The summed E-state index contributed by atoms with van der Waals surface area (Å²) in [5.74, 6) is 0.847. The lowest BCUT2D eigenvalue weighted by Crippen LogP contribution is -3.16. The number of fused-ring (bicyclic) bond motifs is 1. The van der Waals surface area contributed by atoms with Crippen molar-refractivity contribution in [1.29, 1.82) is 0 Å². The number of anilines is 1. The van der Waals surface area contributed by atoms with Gasteiger partial charge in [-0.25, -0.2) is 4.98 Å². The molecule has 2 aromatic rings. The van der Waals surface area contributed by atoms with Gasteiger partial charge in [-0.2, -0.15) is 13.2 Å². The van der Waals surface area contributed by atoms with Gasteiger partial charge in [-0.1, -0.05) is 24.3 Å². The van der Waals surface area contributed by atoms with Gasteiger partial charge in [0.05, 0.1) is 5.56 Å². The van der Waals surface area contributed by atoms with Gasteiger partial charge in [0.25, 0.3) is 11.7 Å². The maximum absolute atomic E-state index is 12.7. The molecule has 2 aliphatic rings. The van der Waals surface area contributed by atoms with Crippen LogP contribution in [0.15, 0.2) is 42.6 Å². The smallest absolute Gasteiger partial charge is 0.333 e. The highest BCUT2D eigenvalue weighted by Crippen LogP contribution is 2.28. The quantitative estimate of drug-likeness (QED) is 0.820. The molecule has 154 valence electrons. The molecule has 4 rings (SSSR count). The monoisotopic (exact) mass is 406 g/mol. The number of aromatic nitrogens is 1. The summed E-state index contributed by atoms with van der Waals surface area (Å²) in [5.41, 5.74) is 1.87. The zero-order valence-corrected chi connectivity index (χ0v) is 16.1. The molecule has 0 atom stereocenters. The van der Waals surface area contributed by atoms with Crippen LogP contribution in [0.2, 0.25) is 0 Å². The van der Waals surface area contributed by atoms with E-state index in [-0.39, 0.29) is 5.91 Å². The summed E-state index contributed by atoms with van der Waals surface area (Å²) < 4.78 is 38.1. The van der Waals surface area contributed by atoms with E-state index in [1.165, 1.54) is 22.1 Å². The van der Waals surface area contributed by atoms with Crippen LogP contribution in [0.3, 0.4) is 0 Å². The van der Waals surface area contributed by atoms with E-state index in [9.17, 15) is 18.0 Å². The van der Waals surface area contributed by atoms with Crippen molar-refractivity contribution in [2.75, 3.05) is 44.2 Å². The van der Waals surface area contributed by atoms with Crippen LogP contribution in [0, 0.1) is 0 Å². The fourth-order valence-corrected chi connectivity index (χ4v) is 4.06. The van der Waals surface area contributed by atoms with Gasteiger partial charge < -0.3 is 9.80 Å². The van der Waals surface area contributed by atoms with Gasteiger partial charge in [-0.3, -0.25) is 9.69 Å². The van der Waals surface area contributed by atoms with E-state index in [0.717, 1.165) is 38.3 Å². The first kappa shape index (κ1) is 19.7. The summed E-state index contributed by atoms with van der Waals surface area (Å²) in [6.45, 7) is 4.87. The third-order valence-electron chi connectivity index (χ3n) is 5.82. The Morgan fingerprint density at radius 2 is 1.76 bits per heavy atom. The Morgan fingerprint density at radius 3 is 2.41 bits per heavy atom. The molecule has 3 heterocycles. The molecule has 1 aromatic carbocycles. The number of hydrogen-bond acceptors (Lipinski definition) is 2. The number of amides is 1. The molecular formula is C21H25F3N4O+2. The Hall–Kier alpha value is -2.61. The van der Waals surface area contributed by atoms with E-state index in [1.807, 2.05) is 21.9 Å². The molecule has 8 heteroatoms. The molecule has 0 bridgehead atoms. The molecule has 0 spiro atoms. The van der Waals surface area contributed by atoms with Crippen LogP contribution in [0.1, 0.15) is 16.7 Å². The molecule has 1 saturated heterocycles. The van der Waals surface area contributed by atoms with Crippen LogP contribution >= 0.6 is 0 Å². The van der Waals surface area contributed by atoms with E-state index in [4.69, 9.17) is 0 Å². The number of halogens is 3. The van der Waals surface area contributed by atoms with Crippen LogP contribution in [-0.4, -0.2) is 50.1 Å². The number of nitrogens with zero attached hydrogens (tertiary/aromatic N) is 2. The van der Waals surface area contributed by atoms with E-state index in [0.29, 0.717) is 32.0 Å². The van der Waals surface area contributed by atoms with Gasteiger partial charge in [0.1, 0.15) is 32.4 Å². The molecule has 0 radical (unpaired) electrons. The van der Waals surface area contributed by atoms with Crippen molar-refractivity contribution in [3.63, 3.8) is 0 Å². The van der Waals surface area contributed by atoms with E-state index < -0.39 is 11.7 Å². The van der Waals surface area contributed by atoms with Crippen molar-refractivity contribution in [2.24, 2.45) is 0 Å². The lowest BCUT2D eigenvalue weighted by Gasteiger charge is -2.32. The summed E-state index contributed by atoms with van der Waals surface area (Å²) in [5, 5.41) is 0. The summed E-state index contributed by atoms with van der Waals surface area (Å²) >= 11 is 0. The molecule has 0 aliphatic carbocycles. The fourth-order valence-electron chi connectivity index (χ4n) is 4.06. The number of carbonyl (C=O) groups is 1. The first-order valence-electron chi connectivity index (χ1n) is 9.92. The van der Waals surface area contributed by atoms with Crippen LogP contribution in [-0.2, 0) is 23.9 Å². The molecule has 1 amide bonds. The number of aromatic amines is 1. The minimum absolute atomic E-state index is 0.170. The second kappa shape index (κ2) is 8.02. The number of benzene rings is 1. The number of pyridine rings is 1. The lowest BCUT2D eigenvalue weighted by atomic mass is 10.00. The highest BCUT2D eigenvalue weighted by atomic mass is 19.4. The molecular weight excluding hydrogens is 381 g/mol. The van der Waals surface area contributed by atoms with Crippen LogP contribution in [0.4, 0.5) is 19.0 Å². The van der Waals surface area contributed by atoms with Gasteiger partial charge in [0.2, 0.25) is 0 Å². The van der Waals surface area contributed by atoms with Gasteiger partial charge >= 0.3 is 6.18 Å². The average Bonchev–Trinajstić information content (AvgIpc) is 2.73. The summed E-state index contributed by atoms with van der Waals surface area (Å²) in [7, 11) is 0.